The summed E-state index contributed by atoms with van der Waals surface area (Å²) >= 11 is 11.1. The van der Waals surface area contributed by atoms with Crippen LogP contribution in [0.15, 0.2) is 45.5 Å². The van der Waals surface area contributed by atoms with Crippen LogP contribution in [0.25, 0.3) is 0 Å². The average molecular weight is 198 g/mol. The highest BCUT2D eigenvalue weighted by Gasteiger charge is 2.24. The van der Waals surface area contributed by atoms with Gasteiger partial charge in [0.05, 0.1) is 5.71 Å². The summed E-state index contributed by atoms with van der Waals surface area (Å²) in [6.45, 7) is 0. The maximum absolute atomic E-state index is 5.55. The summed E-state index contributed by atoms with van der Waals surface area (Å²) in [5.41, 5.74) is 2.67. The Morgan fingerprint density at radius 3 is 2.25 bits per heavy atom. The minimum absolute atomic E-state index is 0.244. The lowest BCUT2D eigenvalue weighted by molar-refractivity contribution is 1.68. The van der Waals surface area contributed by atoms with Gasteiger partial charge in [0.2, 0.25) is 0 Å². The fourth-order valence-electron chi connectivity index (χ4n) is 1.01. The molecule has 0 aliphatic carbocycles. The molecule has 3 heteroatoms. The van der Waals surface area contributed by atoms with Crippen molar-refractivity contribution in [1.29, 1.82) is 0 Å². The normalized spacial score (nSPS) is 14.2. The molecule has 1 nitrogen and oxygen atoms in total. The van der Waals surface area contributed by atoms with Crippen molar-refractivity contribution in [2.75, 3.05) is 0 Å². The Hall–Kier alpha value is -0.790. The van der Waals surface area contributed by atoms with Gasteiger partial charge >= 0.3 is 0 Å². The zero-order chi connectivity index (χ0) is 8.55. The number of benzene rings is 1. The number of allylic oxidation sites excluding steroid dienone is 1. The second kappa shape index (κ2) is 2.92. The minimum Gasteiger partial charge on any atom is -0.241 e. The van der Waals surface area contributed by atoms with E-state index in [-0.39, 0.29) is 4.49 Å². The van der Waals surface area contributed by atoms with E-state index in [2.05, 4.69) is 4.99 Å². The molecule has 1 aliphatic heterocycles. The molecule has 0 N–H and O–H groups in total. The van der Waals surface area contributed by atoms with Crippen LogP contribution in [0.1, 0.15) is 5.56 Å². The molecule has 1 aromatic rings. The van der Waals surface area contributed by atoms with Crippen LogP contribution in [-0.4, -0.2) is 5.71 Å². The lowest BCUT2D eigenvalue weighted by Crippen LogP contribution is -1.84. The van der Waals surface area contributed by atoms with Crippen LogP contribution in [0.3, 0.4) is 0 Å². The highest BCUT2D eigenvalue weighted by Crippen LogP contribution is 2.30. The Labute approximate surface area is 80.3 Å². The van der Waals surface area contributed by atoms with Gasteiger partial charge in [-0.1, -0.05) is 53.5 Å². The number of halogens is 2. The van der Waals surface area contributed by atoms with Crippen molar-refractivity contribution in [2.45, 2.75) is 0 Å². The van der Waals surface area contributed by atoms with E-state index in [1.807, 2.05) is 30.3 Å². The Morgan fingerprint density at radius 2 is 1.75 bits per heavy atom. The Morgan fingerprint density at radius 1 is 1.08 bits per heavy atom. The van der Waals surface area contributed by atoms with Gasteiger partial charge < -0.3 is 0 Å². The third-order valence-electron chi connectivity index (χ3n) is 1.62. The molecule has 0 aromatic heterocycles. The first-order valence-electron chi connectivity index (χ1n) is 3.49. The SMILES string of the molecule is ClC(Cl)=C1N=C1c1ccccc1. The van der Waals surface area contributed by atoms with E-state index in [9.17, 15) is 0 Å². The molecule has 0 saturated heterocycles. The Kier molecular flexibility index (Phi) is 1.91. The zero-order valence-electron chi connectivity index (χ0n) is 6.09. The van der Waals surface area contributed by atoms with Gasteiger partial charge in [0.1, 0.15) is 10.2 Å². The van der Waals surface area contributed by atoms with Gasteiger partial charge in [-0.2, -0.15) is 0 Å². The van der Waals surface area contributed by atoms with Crippen molar-refractivity contribution in [3.8, 4) is 0 Å². The lowest BCUT2D eigenvalue weighted by atomic mass is 10.2. The van der Waals surface area contributed by atoms with Crippen molar-refractivity contribution in [3.63, 3.8) is 0 Å². The van der Waals surface area contributed by atoms with Crippen molar-refractivity contribution in [3.05, 3.63) is 46.1 Å². The predicted octanol–water partition coefficient (Wildman–Crippen LogP) is 3.14. The molecule has 0 saturated carbocycles. The van der Waals surface area contributed by atoms with Gasteiger partial charge in [0.15, 0.2) is 0 Å². The molecule has 60 valence electrons. The monoisotopic (exact) mass is 197 g/mol. The van der Waals surface area contributed by atoms with E-state index in [4.69, 9.17) is 23.2 Å². The third-order valence-corrected chi connectivity index (χ3v) is 1.98. The maximum atomic E-state index is 5.55. The first-order chi connectivity index (χ1) is 5.79. The van der Waals surface area contributed by atoms with Gasteiger partial charge in [-0.05, 0) is 0 Å². The van der Waals surface area contributed by atoms with Crippen LogP contribution in [0.4, 0.5) is 0 Å². The van der Waals surface area contributed by atoms with Crippen LogP contribution in [0.2, 0.25) is 0 Å². The minimum atomic E-state index is 0.244. The summed E-state index contributed by atoms with van der Waals surface area (Å²) in [5, 5.41) is 0. The van der Waals surface area contributed by atoms with Crippen LogP contribution in [-0.2, 0) is 0 Å². The van der Waals surface area contributed by atoms with Crippen LogP contribution >= 0.6 is 23.2 Å². The molecule has 0 amide bonds. The second-order valence-corrected chi connectivity index (χ2v) is 3.38. The number of nitrogens with zero attached hydrogens (tertiary/aromatic N) is 1. The number of rotatable bonds is 1. The summed E-state index contributed by atoms with van der Waals surface area (Å²) in [6, 6.07) is 9.81. The molecular weight excluding hydrogens is 193 g/mol. The quantitative estimate of drug-likeness (QED) is 0.657. The van der Waals surface area contributed by atoms with E-state index in [0.717, 1.165) is 11.3 Å². The number of aliphatic imine (C=N–C) groups is 1. The van der Waals surface area contributed by atoms with E-state index in [1.54, 1.807) is 0 Å². The molecule has 0 radical (unpaired) electrons. The highest BCUT2D eigenvalue weighted by molar-refractivity contribution is 6.58. The third kappa shape index (κ3) is 1.38. The van der Waals surface area contributed by atoms with Crippen molar-refractivity contribution in [2.24, 2.45) is 4.99 Å². The van der Waals surface area contributed by atoms with Crippen LogP contribution in [0, 0.1) is 0 Å². The number of hydrogen-bond donors (Lipinski definition) is 0. The summed E-state index contributed by atoms with van der Waals surface area (Å²) in [6.07, 6.45) is 0. The smallest absolute Gasteiger partial charge is 0.134 e. The molecule has 0 atom stereocenters. The van der Waals surface area contributed by atoms with Crippen LogP contribution in [0.5, 0.6) is 0 Å². The first-order valence-corrected chi connectivity index (χ1v) is 4.24. The highest BCUT2D eigenvalue weighted by atomic mass is 35.5. The molecule has 12 heavy (non-hydrogen) atoms. The molecule has 0 fully saturated rings. The van der Waals surface area contributed by atoms with Gasteiger partial charge in [0, 0.05) is 5.56 Å². The average Bonchev–Trinajstić information content (AvgIpc) is 2.84. The van der Waals surface area contributed by atoms with Gasteiger partial charge in [-0.3, -0.25) is 0 Å². The Bertz CT molecular complexity index is 361. The van der Waals surface area contributed by atoms with E-state index in [1.165, 1.54) is 0 Å². The second-order valence-electron chi connectivity index (χ2n) is 2.44. The molecule has 0 unspecified atom stereocenters. The molecule has 0 spiro atoms. The zero-order valence-corrected chi connectivity index (χ0v) is 7.60. The van der Waals surface area contributed by atoms with E-state index >= 15 is 0 Å². The molecular formula is C9H5Cl2N. The summed E-state index contributed by atoms with van der Waals surface area (Å²) < 4.78 is 0.244. The molecule has 2 rings (SSSR count). The lowest BCUT2D eigenvalue weighted by Gasteiger charge is -1.88. The fourth-order valence-corrected chi connectivity index (χ4v) is 1.28. The summed E-state index contributed by atoms with van der Waals surface area (Å²) in [4.78, 5) is 4.06. The van der Waals surface area contributed by atoms with Crippen molar-refractivity contribution in [1.82, 2.24) is 0 Å². The topological polar surface area (TPSA) is 12.4 Å². The Balaban J connectivity index is 2.28. The van der Waals surface area contributed by atoms with Gasteiger partial charge in [0.25, 0.3) is 0 Å². The van der Waals surface area contributed by atoms with Gasteiger partial charge in [-0.25, -0.2) is 4.99 Å². The standard InChI is InChI=1S/C9H5Cl2N/c10-9(11)8-7(12-8)6-4-2-1-3-5-6/h1-5H. The van der Waals surface area contributed by atoms with E-state index < -0.39 is 0 Å². The summed E-state index contributed by atoms with van der Waals surface area (Å²) in [5.74, 6) is 0. The van der Waals surface area contributed by atoms with Crippen LogP contribution < -0.4 is 0 Å². The molecule has 1 aromatic carbocycles. The molecule has 0 bridgehead atoms. The summed E-state index contributed by atoms with van der Waals surface area (Å²) in [7, 11) is 0. The predicted molar refractivity (Wildman–Crippen MR) is 51.7 cm³/mol. The molecule has 1 heterocycles. The van der Waals surface area contributed by atoms with Crippen molar-refractivity contribution < 1.29 is 0 Å². The number of hydrogen-bond acceptors (Lipinski definition) is 1. The van der Waals surface area contributed by atoms with E-state index in [0.29, 0.717) is 5.70 Å². The molecule has 1 aliphatic rings. The maximum Gasteiger partial charge on any atom is 0.134 e. The van der Waals surface area contributed by atoms with Gasteiger partial charge in [-0.15, -0.1) is 0 Å². The first kappa shape index (κ1) is 7.84. The fraction of sp³-hybridized carbons (Fsp3) is 0. The largest absolute Gasteiger partial charge is 0.241 e. The van der Waals surface area contributed by atoms with Crippen molar-refractivity contribution >= 4 is 28.9 Å².